The van der Waals surface area contributed by atoms with Gasteiger partial charge in [0, 0.05) is 13.1 Å². The van der Waals surface area contributed by atoms with E-state index in [9.17, 15) is 9.90 Å². The number of amides is 1. The van der Waals surface area contributed by atoms with Gasteiger partial charge in [0.1, 0.15) is 5.60 Å². The monoisotopic (exact) mass is 213 g/mol. The van der Waals surface area contributed by atoms with E-state index in [-0.39, 0.29) is 5.91 Å². The van der Waals surface area contributed by atoms with Crippen LogP contribution in [-0.4, -0.2) is 34.6 Å². The van der Waals surface area contributed by atoms with Crippen LogP contribution in [0.15, 0.2) is 0 Å². The number of aliphatic hydroxyl groups is 1. The van der Waals surface area contributed by atoms with Crippen molar-refractivity contribution in [3.8, 4) is 0 Å². The largest absolute Gasteiger partial charge is 0.381 e. The molecule has 3 heteroatoms. The van der Waals surface area contributed by atoms with Crippen LogP contribution >= 0.6 is 0 Å². The molecule has 88 valence electrons. The van der Waals surface area contributed by atoms with Crippen molar-refractivity contribution in [3.63, 3.8) is 0 Å². The Labute approximate surface area is 92.5 Å². The zero-order valence-corrected chi connectivity index (χ0v) is 10.3. The topological polar surface area (TPSA) is 40.5 Å². The van der Waals surface area contributed by atoms with E-state index in [4.69, 9.17) is 0 Å². The molecule has 1 amide bonds. The molecule has 0 unspecified atom stereocenters. The smallest absolute Gasteiger partial charge is 0.253 e. The lowest BCUT2D eigenvalue weighted by molar-refractivity contribution is -0.149. The molecule has 0 radical (unpaired) electrons. The van der Waals surface area contributed by atoms with Crippen molar-refractivity contribution in [2.24, 2.45) is 5.92 Å². The van der Waals surface area contributed by atoms with Crippen LogP contribution in [-0.2, 0) is 4.79 Å². The SMILES string of the molecule is CC1CCC(N(C)C(=O)C(C)(C)O)CC1. The van der Waals surface area contributed by atoms with Gasteiger partial charge in [-0.15, -0.1) is 0 Å². The normalized spacial score (nSPS) is 27.5. The van der Waals surface area contributed by atoms with Crippen molar-refractivity contribution in [2.75, 3.05) is 7.05 Å². The summed E-state index contributed by atoms with van der Waals surface area (Å²) in [6, 6.07) is 0.320. The minimum atomic E-state index is -1.24. The summed E-state index contributed by atoms with van der Waals surface area (Å²) in [5.41, 5.74) is -1.24. The van der Waals surface area contributed by atoms with E-state index in [1.165, 1.54) is 12.8 Å². The fraction of sp³-hybridized carbons (Fsp3) is 0.917. The molecule has 1 N–H and O–H groups in total. The number of rotatable bonds is 2. The van der Waals surface area contributed by atoms with Crippen molar-refractivity contribution in [1.29, 1.82) is 0 Å². The summed E-state index contributed by atoms with van der Waals surface area (Å²) < 4.78 is 0. The van der Waals surface area contributed by atoms with Crippen molar-refractivity contribution >= 4 is 5.91 Å². The van der Waals surface area contributed by atoms with E-state index in [1.54, 1.807) is 25.8 Å². The first-order chi connectivity index (χ1) is 6.82. The molecule has 1 rings (SSSR count). The predicted octanol–water partition coefficient (Wildman–Crippen LogP) is 1.79. The molecule has 0 atom stereocenters. The first-order valence-electron chi connectivity index (χ1n) is 5.82. The van der Waals surface area contributed by atoms with E-state index in [1.807, 2.05) is 0 Å². The quantitative estimate of drug-likeness (QED) is 0.759. The van der Waals surface area contributed by atoms with Crippen LogP contribution < -0.4 is 0 Å². The van der Waals surface area contributed by atoms with Crippen LogP contribution in [0.3, 0.4) is 0 Å². The average molecular weight is 213 g/mol. The second-order valence-electron chi connectivity index (χ2n) is 5.39. The maximum Gasteiger partial charge on any atom is 0.253 e. The Morgan fingerprint density at radius 3 is 2.13 bits per heavy atom. The van der Waals surface area contributed by atoms with Crippen molar-refractivity contribution in [1.82, 2.24) is 4.90 Å². The van der Waals surface area contributed by atoms with E-state index >= 15 is 0 Å². The van der Waals surface area contributed by atoms with E-state index < -0.39 is 5.60 Å². The Morgan fingerprint density at radius 1 is 1.27 bits per heavy atom. The van der Waals surface area contributed by atoms with Crippen LogP contribution in [0.4, 0.5) is 0 Å². The molecule has 0 aromatic rings. The molecule has 0 aromatic heterocycles. The highest BCUT2D eigenvalue weighted by Gasteiger charge is 2.32. The number of hydrogen-bond donors (Lipinski definition) is 1. The lowest BCUT2D eigenvalue weighted by atomic mass is 9.86. The average Bonchev–Trinajstić information content (AvgIpc) is 2.15. The Balaban J connectivity index is 2.54. The summed E-state index contributed by atoms with van der Waals surface area (Å²) in [6.45, 7) is 5.36. The zero-order chi connectivity index (χ0) is 11.6. The number of hydrogen-bond acceptors (Lipinski definition) is 2. The Morgan fingerprint density at radius 2 is 1.73 bits per heavy atom. The summed E-state index contributed by atoms with van der Waals surface area (Å²) in [7, 11) is 1.81. The third-order valence-electron chi connectivity index (χ3n) is 3.38. The van der Waals surface area contributed by atoms with Gasteiger partial charge in [0.05, 0.1) is 0 Å². The van der Waals surface area contributed by atoms with Crippen molar-refractivity contribution in [2.45, 2.75) is 58.1 Å². The Bertz CT molecular complexity index is 224. The molecule has 1 aliphatic carbocycles. The molecule has 15 heavy (non-hydrogen) atoms. The molecule has 3 nitrogen and oxygen atoms in total. The third-order valence-corrected chi connectivity index (χ3v) is 3.38. The second-order valence-corrected chi connectivity index (χ2v) is 5.39. The van der Waals surface area contributed by atoms with Crippen LogP contribution in [0.2, 0.25) is 0 Å². The summed E-state index contributed by atoms with van der Waals surface area (Å²) >= 11 is 0. The molecule has 0 spiro atoms. The van der Waals surface area contributed by atoms with Gasteiger partial charge in [0.15, 0.2) is 0 Å². The molecule has 0 bridgehead atoms. The molecule has 0 heterocycles. The van der Waals surface area contributed by atoms with Gasteiger partial charge >= 0.3 is 0 Å². The summed E-state index contributed by atoms with van der Waals surface area (Å²) in [5.74, 6) is 0.619. The van der Waals surface area contributed by atoms with Crippen LogP contribution in [0.1, 0.15) is 46.5 Å². The van der Waals surface area contributed by atoms with Gasteiger partial charge in [0.2, 0.25) is 0 Å². The molecule has 1 aliphatic rings. The van der Waals surface area contributed by atoms with E-state index in [0.29, 0.717) is 6.04 Å². The molecule has 0 saturated heterocycles. The number of carbonyl (C=O) groups excluding carboxylic acids is 1. The molecule has 1 saturated carbocycles. The fourth-order valence-corrected chi connectivity index (χ4v) is 2.23. The highest BCUT2D eigenvalue weighted by Crippen LogP contribution is 2.27. The highest BCUT2D eigenvalue weighted by atomic mass is 16.3. The lowest BCUT2D eigenvalue weighted by Gasteiger charge is -2.36. The van der Waals surface area contributed by atoms with Crippen LogP contribution in [0.25, 0.3) is 0 Å². The summed E-state index contributed by atoms with van der Waals surface area (Å²) in [4.78, 5) is 13.5. The first-order valence-corrected chi connectivity index (χ1v) is 5.82. The number of likely N-dealkylation sites (N-methyl/N-ethyl adjacent to an activating group) is 1. The summed E-state index contributed by atoms with van der Waals surface area (Å²) in [5, 5.41) is 9.65. The standard InChI is InChI=1S/C12H23NO2/c1-9-5-7-10(8-6-9)13(4)11(14)12(2,3)15/h9-10,15H,5-8H2,1-4H3. The second kappa shape index (κ2) is 4.52. The first kappa shape index (κ1) is 12.5. The number of nitrogens with zero attached hydrogens (tertiary/aromatic N) is 1. The minimum Gasteiger partial charge on any atom is -0.381 e. The van der Waals surface area contributed by atoms with Gasteiger partial charge in [-0.05, 0) is 45.4 Å². The minimum absolute atomic E-state index is 0.165. The van der Waals surface area contributed by atoms with Crippen LogP contribution in [0, 0.1) is 5.92 Å². The van der Waals surface area contributed by atoms with Crippen molar-refractivity contribution in [3.05, 3.63) is 0 Å². The van der Waals surface area contributed by atoms with Gasteiger partial charge in [-0.25, -0.2) is 0 Å². The van der Waals surface area contributed by atoms with Gasteiger partial charge < -0.3 is 10.0 Å². The predicted molar refractivity (Wildman–Crippen MR) is 60.5 cm³/mol. The molecule has 0 aromatic carbocycles. The zero-order valence-electron chi connectivity index (χ0n) is 10.3. The molecular weight excluding hydrogens is 190 g/mol. The molecular formula is C12H23NO2. The van der Waals surface area contributed by atoms with Gasteiger partial charge in [-0.1, -0.05) is 6.92 Å². The Hall–Kier alpha value is -0.570. The van der Waals surface area contributed by atoms with Gasteiger partial charge in [0.25, 0.3) is 5.91 Å². The summed E-state index contributed by atoms with van der Waals surface area (Å²) in [6.07, 6.45) is 4.52. The Kier molecular flexibility index (Phi) is 3.77. The lowest BCUT2D eigenvalue weighted by Crippen LogP contribution is -2.48. The van der Waals surface area contributed by atoms with E-state index in [0.717, 1.165) is 18.8 Å². The van der Waals surface area contributed by atoms with Crippen molar-refractivity contribution < 1.29 is 9.90 Å². The number of carbonyl (C=O) groups is 1. The van der Waals surface area contributed by atoms with E-state index in [2.05, 4.69) is 6.92 Å². The third kappa shape index (κ3) is 3.20. The maximum atomic E-state index is 11.8. The van der Waals surface area contributed by atoms with Gasteiger partial charge in [-0.3, -0.25) is 4.79 Å². The maximum absolute atomic E-state index is 11.8. The molecule has 1 fully saturated rings. The van der Waals surface area contributed by atoms with Gasteiger partial charge in [-0.2, -0.15) is 0 Å². The highest BCUT2D eigenvalue weighted by molar-refractivity contribution is 5.84. The van der Waals surface area contributed by atoms with Crippen LogP contribution in [0.5, 0.6) is 0 Å². The molecule has 0 aliphatic heterocycles. The fourth-order valence-electron chi connectivity index (χ4n) is 2.23.